The first kappa shape index (κ1) is 13.9. The van der Waals surface area contributed by atoms with Crippen molar-refractivity contribution in [1.29, 1.82) is 0 Å². The second-order valence-electron chi connectivity index (χ2n) is 4.84. The zero-order chi connectivity index (χ0) is 15.5. The third-order valence-electron chi connectivity index (χ3n) is 3.22. The summed E-state index contributed by atoms with van der Waals surface area (Å²) in [5.41, 5.74) is 1.95. The highest BCUT2D eigenvalue weighted by molar-refractivity contribution is 6.11. The van der Waals surface area contributed by atoms with E-state index in [0.29, 0.717) is 35.6 Å². The smallest absolute Gasteiger partial charge is 0.257 e. The minimum Gasteiger partial charge on any atom is -0.506 e. The van der Waals surface area contributed by atoms with E-state index >= 15 is 0 Å². The molecule has 0 bridgehead atoms. The maximum absolute atomic E-state index is 12.4. The number of anilines is 3. The van der Waals surface area contributed by atoms with E-state index in [1.807, 2.05) is 0 Å². The van der Waals surface area contributed by atoms with Crippen molar-refractivity contribution in [3.8, 4) is 5.75 Å². The van der Waals surface area contributed by atoms with Gasteiger partial charge in [0, 0.05) is 19.0 Å². The molecular formula is C15H14N4O3. The molecule has 0 radical (unpaired) electrons. The van der Waals surface area contributed by atoms with E-state index < -0.39 is 0 Å². The number of aromatic hydroxyl groups is 1. The predicted octanol–water partition coefficient (Wildman–Crippen LogP) is 1.79. The van der Waals surface area contributed by atoms with Gasteiger partial charge in [-0.2, -0.15) is 0 Å². The van der Waals surface area contributed by atoms with E-state index in [1.54, 1.807) is 18.2 Å². The van der Waals surface area contributed by atoms with Gasteiger partial charge in [0.25, 0.3) is 5.91 Å². The van der Waals surface area contributed by atoms with E-state index in [-0.39, 0.29) is 17.6 Å². The molecule has 0 aliphatic carbocycles. The largest absolute Gasteiger partial charge is 0.506 e. The zero-order valence-electron chi connectivity index (χ0n) is 11.6. The fourth-order valence-electron chi connectivity index (χ4n) is 2.24. The van der Waals surface area contributed by atoms with Gasteiger partial charge in [-0.15, -0.1) is 0 Å². The van der Waals surface area contributed by atoms with Crippen LogP contribution in [0.1, 0.15) is 16.8 Å². The lowest BCUT2D eigenvalue weighted by atomic mass is 10.1. The van der Waals surface area contributed by atoms with Gasteiger partial charge in [-0.05, 0) is 12.1 Å². The van der Waals surface area contributed by atoms with Crippen molar-refractivity contribution in [2.24, 2.45) is 0 Å². The quantitative estimate of drug-likeness (QED) is 0.677. The highest BCUT2D eigenvalue weighted by Crippen LogP contribution is 2.29. The second kappa shape index (κ2) is 5.72. The molecule has 3 rings (SSSR count). The summed E-state index contributed by atoms with van der Waals surface area (Å²) < 4.78 is 0. The Hall–Kier alpha value is -3.09. The Bertz CT molecular complexity index is 745. The summed E-state index contributed by atoms with van der Waals surface area (Å²) in [4.78, 5) is 27.8. The number of carbonyl (C=O) groups is 2. The normalized spacial score (nSPS) is 13.4. The molecule has 7 heteroatoms. The molecule has 1 aliphatic heterocycles. The summed E-state index contributed by atoms with van der Waals surface area (Å²) in [6.45, 7) is 0.455. The average Bonchev–Trinajstić information content (AvgIpc) is 2.67. The molecule has 112 valence electrons. The molecule has 1 aromatic carbocycles. The summed E-state index contributed by atoms with van der Waals surface area (Å²) >= 11 is 0. The average molecular weight is 298 g/mol. The predicted molar refractivity (Wildman–Crippen MR) is 82.0 cm³/mol. The van der Waals surface area contributed by atoms with E-state index in [2.05, 4.69) is 20.9 Å². The number of para-hydroxylation sites is 1. The lowest BCUT2D eigenvalue weighted by Crippen LogP contribution is -2.15. The molecule has 2 heterocycles. The van der Waals surface area contributed by atoms with Crippen molar-refractivity contribution < 1.29 is 14.7 Å². The van der Waals surface area contributed by atoms with Gasteiger partial charge in [-0.3, -0.25) is 14.6 Å². The lowest BCUT2D eigenvalue weighted by Gasteiger charge is -2.13. The Labute approximate surface area is 126 Å². The minimum absolute atomic E-state index is 0.0323. The Balaban J connectivity index is 1.90. The highest BCUT2D eigenvalue weighted by atomic mass is 16.3. The van der Waals surface area contributed by atoms with Crippen LogP contribution in [0.25, 0.3) is 0 Å². The maximum atomic E-state index is 12.4. The number of rotatable bonds is 2. The first-order chi connectivity index (χ1) is 10.6. The molecule has 2 aromatic rings. The number of benzene rings is 1. The van der Waals surface area contributed by atoms with Crippen LogP contribution >= 0.6 is 0 Å². The minimum atomic E-state index is -0.354. The molecule has 0 saturated heterocycles. The molecule has 1 aromatic heterocycles. The fraction of sp³-hybridized carbons (Fsp3) is 0.133. The molecule has 0 saturated carbocycles. The molecule has 2 amide bonds. The van der Waals surface area contributed by atoms with Gasteiger partial charge < -0.3 is 21.1 Å². The number of nitrogens with zero attached hydrogens (tertiary/aromatic N) is 1. The zero-order valence-corrected chi connectivity index (χ0v) is 11.6. The van der Waals surface area contributed by atoms with E-state index in [0.717, 1.165) is 0 Å². The number of pyridine rings is 1. The van der Waals surface area contributed by atoms with E-state index in [1.165, 1.54) is 18.5 Å². The van der Waals surface area contributed by atoms with Crippen molar-refractivity contribution in [1.82, 2.24) is 4.98 Å². The monoisotopic (exact) mass is 298 g/mol. The van der Waals surface area contributed by atoms with Crippen molar-refractivity contribution in [3.63, 3.8) is 0 Å². The van der Waals surface area contributed by atoms with Crippen molar-refractivity contribution in [2.75, 3.05) is 22.5 Å². The molecule has 0 unspecified atom stereocenters. The van der Waals surface area contributed by atoms with Crippen LogP contribution in [0.15, 0.2) is 36.7 Å². The molecule has 22 heavy (non-hydrogen) atoms. The van der Waals surface area contributed by atoms with Crippen LogP contribution < -0.4 is 16.0 Å². The summed E-state index contributed by atoms with van der Waals surface area (Å²) in [7, 11) is 0. The van der Waals surface area contributed by atoms with Gasteiger partial charge in [0.15, 0.2) is 0 Å². The lowest BCUT2D eigenvalue weighted by molar-refractivity contribution is -0.115. The van der Waals surface area contributed by atoms with Gasteiger partial charge in [0.05, 0.1) is 35.0 Å². The summed E-state index contributed by atoms with van der Waals surface area (Å²) in [5, 5.41) is 17.9. The van der Waals surface area contributed by atoms with Crippen LogP contribution in [0.3, 0.4) is 0 Å². The molecule has 0 spiro atoms. The van der Waals surface area contributed by atoms with Crippen LogP contribution in [-0.4, -0.2) is 28.4 Å². The van der Waals surface area contributed by atoms with Crippen molar-refractivity contribution in [3.05, 3.63) is 42.2 Å². The maximum Gasteiger partial charge on any atom is 0.257 e. The van der Waals surface area contributed by atoms with E-state index in [9.17, 15) is 14.7 Å². The number of aromatic nitrogens is 1. The number of carbonyl (C=O) groups excluding carboxylic acids is 2. The third-order valence-corrected chi connectivity index (χ3v) is 3.22. The standard InChI is InChI=1S/C15H14N4O3/c20-10-6-9(7-16-8-10)18-15(22)11-2-1-3-12-14(11)17-5-4-13(21)19-12/h1-3,6-8,17,20H,4-5H2,(H,18,22)(H,19,21). The topological polar surface area (TPSA) is 103 Å². The first-order valence-corrected chi connectivity index (χ1v) is 6.75. The molecule has 1 aliphatic rings. The van der Waals surface area contributed by atoms with Crippen LogP contribution in [0.4, 0.5) is 17.1 Å². The second-order valence-corrected chi connectivity index (χ2v) is 4.84. The van der Waals surface area contributed by atoms with Crippen LogP contribution in [0, 0.1) is 0 Å². The Kier molecular flexibility index (Phi) is 3.61. The molecule has 0 atom stereocenters. The van der Waals surface area contributed by atoms with Crippen LogP contribution in [-0.2, 0) is 4.79 Å². The van der Waals surface area contributed by atoms with Gasteiger partial charge in [-0.25, -0.2) is 0 Å². The van der Waals surface area contributed by atoms with Crippen LogP contribution in [0.5, 0.6) is 5.75 Å². The Morgan fingerprint density at radius 2 is 2.18 bits per heavy atom. The Morgan fingerprint density at radius 3 is 3.00 bits per heavy atom. The third kappa shape index (κ3) is 2.83. The molecule has 4 N–H and O–H groups in total. The highest BCUT2D eigenvalue weighted by Gasteiger charge is 2.19. The van der Waals surface area contributed by atoms with Gasteiger partial charge in [0.2, 0.25) is 5.91 Å². The van der Waals surface area contributed by atoms with E-state index in [4.69, 9.17) is 0 Å². The summed E-state index contributed by atoms with van der Waals surface area (Å²) in [6.07, 6.45) is 3.06. The van der Waals surface area contributed by atoms with Gasteiger partial charge in [0.1, 0.15) is 5.75 Å². The van der Waals surface area contributed by atoms with Gasteiger partial charge in [-0.1, -0.05) is 6.07 Å². The van der Waals surface area contributed by atoms with Crippen molar-refractivity contribution in [2.45, 2.75) is 6.42 Å². The number of amides is 2. The summed E-state index contributed by atoms with van der Waals surface area (Å²) in [6, 6.07) is 6.50. The fourth-order valence-corrected chi connectivity index (χ4v) is 2.24. The SMILES string of the molecule is O=C1CCNc2c(cccc2C(=O)Nc2cncc(O)c2)N1. The molecule has 7 nitrogen and oxygen atoms in total. The number of nitrogens with one attached hydrogen (secondary N) is 3. The summed E-state index contributed by atoms with van der Waals surface area (Å²) in [5.74, 6) is -0.482. The van der Waals surface area contributed by atoms with Crippen LogP contribution in [0.2, 0.25) is 0 Å². The number of hydrogen-bond acceptors (Lipinski definition) is 5. The molecule has 0 fully saturated rings. The first-order valence-electron chi connectivity index (χ1n) is 6.75. The Morgan fingerprint density at radius 1 is 1.32 bits per heavy atom. The number of fused-ring (bicyclic) bond motifs is 1. The van der Waals surface area contributed by atoms with Gasteiger partial charge >= 0.3 is 0 Å². The van der Waals surface area contributed by atoms with Crippen molar-refractivity contribution >= 4 is 28.9 Å². The number of hydrogen-bond donors (Lipinski definition) is 4. The molecular weight excluding hydrogens is 284 g/mol.